The molecule has 3 nitrogen and oxygen atoms in total. The summed E-state index contributed by atoms with van der Waals surface area (Å²) in [5.41, 5.74) is 2.50. The minimum Gasteiger partial charge on any atom is -0.508 e. The van der Waals surface area contributed by atoms with Crippen LogP contribution in [0.3, 0.4) is 0 Å². The molecular formula is C22H23O3P. The number of aromatic hydroxyl groups is 1. The Kier molecular flexibility index (Phi) is 5.20. The van der Waals surface area contributed by atoms with Gasteiger partial charge in [-0.1, -0.05) is 62.4 Å². The van der Waals surface area contributed by atoms with Gasteiger partial charge >= 0.3 is 0 Å². The third kappa shape index (κ3) is 3.04. The predicted molar refractivity (Wildman–Crippen MR) is 108 cm³/mol. The molecule has 0 radical (unpaired) electrons. The molecule has 2 unspecified atom stereocenters. The minimum atomic E-state index is -3.15. The molecule has 1 N–H and O–H groups in total. The quantitative estimate of drug-likeness (QED) is 0.554. The summed E-state index contributed by atoms with van der Waals surface area (Å²) in [6.45, 7) is 5.91. The second-order valence-electron chi connectivity index (χ2n) is 5.97. The highest BCUT2D eigenvalue weighted by molar-refractivity contribution is 7.68. The normalized spacial score (nSPS) is 18.4. The number of phenols is 1. The second-order valence-corrected chi connectivity index (χ2v) is 8.60. The lowest BCUT2D eigenvalue weighted by Gasteiger charge is -2.32. The summed E-state index contributed by atoms with van der Waals surface area (Å²) in [6.07, 6.45) is 0. The SMILES string of the molecule is CC.CC(c1ccc(O)cc1)P1(=O)Oc2ccccc2-c2ccccc21. The molecule has 0 fully saturated rings. The van der Waals surface area contributed by atoms with Gasteiger partial charge in [-0.3, -0.25) is 4.57 Å². The molecule has 3 aromatic rings. The van der Waals surface area contributed by atoms with Crippen LogP contribution in [0.4, 0.5) is 0 Å². The summed E-state index contributed by atoms with van der Waals surface area (Å²) in [7, 11) is -3.15. The number of para-hydroxylation sites is 1. The number of benzene rings is 3. The van der Waals surface area contributed by atoms with E-state index in [9.17, 15) is 9.67 Å². The van der Waals surface area contributed by atoms with Crippen molar-refractivity contribution in [3.63, 3.8) is 0 Å². The molecule has 134 valence electrons. The Morgan fingerprint density at radius 1 is 0.846 bits per heavy atom. The van der Waals surface area contributed by atoms with Crippen LogP contribution in [0.15, 0.2) is 72.8 Å². The maximum Gasteiger partial charge on any atom is 0.284 e. The fraction of sp³-hybridized carbons (Fsp3) is 0.182. The number of rotatable bonds is 2. The summed E-state index contributed by atoms with van der Waals surface area (Å²) >= 11 is 0. The Bertz CT molecular complexity index is 948. The van der Waals surface area contributed by atoms with Crippen LogP contribution < -0.4 is 9.83 Å². The van der Waals surface area contributed by atoms with Crippen molar-refractivity contribution in [3.8, 4) is 22.6 Å². The summed E-state index contributed by atoms with van der Waals surface area (Å²) < 4.78 is 20.0. The van der Waals surface area contributed by atoms with Crippen LogP contribution in [0.2, 0.25) is 0 Å². The van der Waals surface area contributed by atoms with Crippen molar-refractivity contribution in [3.05, 3.63) is 78.4 Å². The van der Waals surface area contributed by atoms with Gasteiger partial charge in [0, 0.05) is 5.56 Å². The second kappa shape index (κ2) is 7.39. The maximum absolute atomic E-state index is 13.9. The molecule has 1 aliphatic rings. The molecule has 0 bridgehead atoms. The Labute approximate surface area is 154 Å². The number of hydrogen-bond donors (Lipinski definition) is 1. The highest BCUT2D eigenvalue weighted by Crippen LogP contribution is 2.63. The summed E-state index contributed by atoms with van der Waals surface area (Å²) in [6, 6.07) is 22.3. The molecule has 4 rings (SSSR count). The first-order chi connectivity index (χ1) is 12.6. The van der Waals surface area contributed by atoms with Crippen molar-refractivity contribution in [2.24, 2.45) is 0 Å². The van der Waals surface area contributed by atoms with Crippen LogP contribution in [0.25, 0.3) is 11.1 Å². The zero-order chi connectivity index (χ0) is 18.7. The smallest absolute Gasteiger partial charge is 0.284 e. The molecule has 4 heteroatoms. The van der Waals surface area contributed by atoms with Gasteiger partial charge in [0.1, 0.15) is 11.5 Å². The lowest BCUT2D eigenvalue weighted by Crippen LogP contribution is -2.21. The molecule has 0 saturated carbocycles. The standard InChI is InChI=1S/C20H17O3P.C2H6/c1-14(15-10-12-16(21)13-11-15)24(22)20-9-5-3-7-18(20)17-6-2-4-8-19(17)23-24;1-2/h2-14,21H,1H3;1-2H3. The van der Waals surface area contributed by atoms with Crippen LogP contribution in [0, 0.1) is 0 Å². The van der Waals surface area contributed by atoms with E-state index in [1.165, 1.54) is 0 Å². The highest BCUT2D eigenvalue weighted by atomic mass is 31.2. The Balaban J connectivity index is 0.000000948. The average Bonchev–Trinajstić information content (AvgIpc) is 2.70. The largest absolute Gasteiger partial charge is 0.508 e. The van der Waals surface area contributed by atoms with Gasteiger partial charge < -0.3 is 9.63 Å². The van der Waals surface area contributed by atoms with E-state index in [1.807, 2.05) is 69.3 Å². The first-order valence-electron chi connectivity index (χ1n) is 8.87. The van der Waals surface area contributed by atoms with Gasteiger partial charge in [-0.25, -0.2) is 0 Å². The van der Waals surface area contributed by atoms with E-state index in [1.54, 1.807) is 24.3 Å². The van der Waals surface area contributed by atoms with Gasteiger partial charge in [0.05, 0.1) is 11.0 Å². The summed E-state index contributed by atoms with van der Waals surface area (Å²) in [5, 5.41) is 10.3. The number of hydrogen-bond acceptors (Lipinski definition) is 3. The Hall–Kier alpha value is -2.51. The lowest BCUT2D eigenvalue weighted by molar-refractivity contribution is 0.473. The van der Waals surface area contributed by atoms with Gasteiger partial charge in [0.25, 0.3) is 7.37 Å². The van der Waals surface area contributed by atoms with E-state index in [0.717, 1.165) is 22.0 Å². The molecule has 2 atom stereocenters. The molecule has 0 aromatic heterocycles. The zero-order valence-electron chi connectivity index (χ0n) is 15.2. The van der Waals surface area contributed by atoms with Gasteiger partial charge in [0.15, 0.2) is 0 Å². The van der Waals surface area contributed by atoms with Gasteiger partial charge in [-0.15, -0.1) is 0 Å². The van der Waals surface area contributed by atoms with Crippen molar-refractivity contribution in [1.82, 2.24) is 0 Å². The van der Waals surface area contributed by atoms with Crippen LogP contribution >= 0.6 is 7.37 Å². The summed E-state index contributed by atoms with van der Waals surface area (Å²) in [5.74, 6) is 0.852. The number of fused-ring (bicyclic) bond motifs is 3. The third-order valence-corrected chi connectivity index (χ3v) is 7.38. The van der Waals surface area contributed by atoms with Crippen LogP contribution in [0.5, 0.6) is 11.5 Å². The van der Waals surface area contributed by atoms with Crippen LogP contribution in [0.1, 0.15) is 32.0 Å². The van der Waals surface area contributed by atoms with Crippen LogP contribution in [-0.2, 0) is 4.57 Å². The monoisotopic (exact) mass is 366 g/mol. The number of phenolic OH excluding ortho intramolecular Hbond substituents is 1. The maximum atomic E-state index is 13.9. The minimum absolute atomic E-state index is 0.194. The van der Waals surface area contributed by atoms with E-state index >= 15 is 0 Å². The van der Waals surface area contributed by atoms with E-state index < -0.39 is 7.37 Å². The van der Waals surface area contributed by atoms with Crippen LogP contribution in [-0.4, -0.2) is 5.11 Å². The third-order valence-electron chi connectivity index (χ3n) is 4.54. The highest BCUT2D eigenvalue weighted by Gasteiger charge is 2.41. The summed E-state index contributed by atoms with van der Waals surface area (Å²) in [4.78, 5) is 0. The fourth-order valence-corrected chi connectivity index (χ4v) is 5.69. The van der Waals surface area contributed by atoms with Crippen molar-refractivity contribution in [2.75, 3.05) is 0 Å². The molecule has 26 heavy (non-hydrogen) atoms. The van der Waals surface area contributed by atoms with E-state index in [-0.39, 0.29) is 11.4 Å². The van der Waals surface area contributed by atoms with Crippen molar-refractivity contribution < 1.29 is 14.2 Å². The fourth-order valence-electron chi connectivity index (χ4n) is 3.17. The molecule has 0 amide bonds. The molecule has 0 saturated heterocycles. The van der Waals surface area contributed by atoms with E-state index in [4.69, 9.17) is 4.52 Å². The molecular weight excluding hydrogens is 343 g/mol. The molecule has 0 spiro atoms. The Morgan fingerprint density at radius 3 is 2.12 bits per heavy atom. The van der Waals surface area contributed by atoms with Gasteiger partial charge in [0.2, 0.25) is 0 Å². The van der Waals surface area contributed by atoms with Crippen molar-refractivity contribution >= 4 is 12.7 Å². The molecule has 3 aromatic carbocycles. The first-order valence-corrected chi connectivity index (χ1v) is 10.6. The predicted octanol–water partition coefficient (Wildman–Crippen LogP) is 6.14. The molecule has 1 heterocycles. The topological polar surface area (TPSA) is 46.5 Å². The zero-order valence-corrected chi connectivity index (χ0v) is 16.1. The lowest BCUT2D eigenvalue weighted by atomic mass is 10.0. The van der Waals surface area contributed by atoms with Gasteiger partial charge in [-0.2, -0.15) is 0 Å². The molecule has 1 aliphatic heterocycles. The van der Waals surface area contributed by atoms with Crippen molar-refractivity contribution in [1.29, 1.82) is 0 Å². The first kappa shape index (κ1) is 18.3. The van der Waals surface area contributed by atoms with E-state index in [2.05, 4.69) is 0 Å². The molecule has 0 aliphatic carbocycles. The van der Waals surface area contributed by atoms with E-state index in [0.29, 0.717) is 5.75 Å². The van der Waals surface area contributed by atoms with Gasteiger partial charge in [-0.05, 0) is 42.3 Å². The Morgan fingerprint density at radius 2 is 1.42 bits per heavy atom. The average molecular weight is 366 g/mol. The van der Waals surface area contributed by atoms with Crippen molar-refractivity contribution in [2.45, 2.75) is 26.4 Å².